The molecule has 3 rings (SSSR count). The van der Waals surface area contributed by atoms with Gasteiger partial charge in [0.05, 0.1) is 18.8 Å². The van der Waals surface area contributed by atoms with Gasteiger partial charge in [-0.25, -0.2) is 27.7 Å². The van der Waals surface area contributed by atoms with Gasteiger partial charge in [-0.1, -0.05) is 12.1 Å². The highest BCUT2D eigenvalue weighted by Gasteiger charge is 2.25. The average molecular weight is 506 g/mol. The maximum Gasteiger partial charge on any atom is 0.412 e. The Morgan fingerprint density at radius 2 is 1.92 bits per heavy atom. The molecular weight excluding hydrogens is 481 g/mol. The zero-order valence-corrected chi connectivity index (χ0v) is 19.2. The number of benzene rings is 2. The van der Waals surface area contributed by atoms with E-state index in [9.17, 15) is 33.0 Å². The van der Waals surface area contributed by atoms with E-state index in [-0.39, 0.29) is 31.0 Å². The lowest BCUT2D eigenvalue weighted by Gasteiger charge is -2.29. The van der Waals surface area contributed by atoms with Crippen LogP contribution in [0, 0.1) is 17.5 Å². The fourth-order valence-electron chi connectivity index (χ4n) is 3.37. The summed E-state index contributed by atoms with van der Waals surface area (Å²) in [5, 5.41) is 25.1. The monoisotopic (exact) mass is 506 g/mol. The van der Waals surface area contributed by atoms with Crippen LogP contribution >= 0.6 is 0 Å². The summed E-state index contributed by atoms with van der Waals surface area (Å²) >= 11 is 0. The number of aliphatic hydroxyl groups is 2. The summed E-state index contributed by atoms with van der Waals surface area (Å²) in [5.41, 5.74) is -0.0675. The van der Waals surface area contributed by atoms with Gasteiger partial charge >= 0.3 is 12.1 Å². The van der Waals surface area contributed by atoms with Gasteiger partial charge in [0.1, 0.15) is 18.2 Å². The SMILES string of the molecule is CN(C(=O)NCc1cccc(F)c1F)[C@H](COC(=O)Nc1cc2cc(F)ccc2cn1)C[C@@H](O)CO. The first kappa shape index (κ1) is 26.7. The lowest BCUT2D eigenvalue weighted by molar-refractivity contribution is 0.0480. The quantitative estimate of drug-likeness (QED) is 0.354. The Labute approximate surface area is 204 Å². The predicted molar refractivity (Wildman–Crippen MR) is 125 cm³/mol. The van der Waals surface area contributed by atoms with Crippen molar-refractivity contribution in [1.82, 2.24) is 15.2 Å². The maximum atomic E-state index is 13.8. The number of aliphatic hydroxyl groups excluding tert-OH is 2. The van der Waals surface area contributed by atoms with Crippen LogP contribution in [0.4, 0.5) is 28.6 Å². The second-order valence-electron chi connectivity index (χ2n) is 7.99. The highest BCUT2D eigenvalue weighted by atomic mass is 19.2. The first-order valence-corrected chi connectivity index (χ1v) is 10.9. The van der Waals surface area contributed by atoms with E-state index in [1.165, 1.54) is 43.6 Å². The second-order valence-corrected chi connectivity index (χ2v) is 7.99. The number of nitrogens with one attached hydrogen (secondary N) is 2. The molecule has 4 N–H and O–H groups in total. The van der Waals surface area contributed by atoms with Gasteiger partial charge in [-0.2, -0.15) is 0 Å². The van der Waals surface area contributed by atoms with Gasteiger partial charge in [0.15, 0.2) is 11.6 Å². The number of fused-ring (bicyclic) bond motifs is 1. The summed E-state index contributed by atoms with van der Waals surface area (Å²) in [6, 6.07) is 7.54. The van der Waals surface area contributed by atoms with Crippen molar-refractivity contribution in [2.75, 3.05) is 25.6 Å². The molecule has 0 unspecified atom stereocenters. The van der Waals surface area contributed by atoms with Crippen molar-refractivity contribution in [3.8, 4) is 0 Å². The third-order valence-electron chi connectivity index (χ3n) is 5.41. The minimum atomic E-state index is -1.21. The van der Waals surface area contributed by atoms with E-state index in [4.69, 9.17) is 4.74 Å². The molecule has 2 aromatic carbocycles. The maximum absolute atomic E-state index is 13.8. The molecule has 0 saturated heterocycles. The van der Waals surface area contributed by atoms with Gasteiger partial charge in [0.2, 0.25) is 0 Å². The average Bonchev–Trinajstić information content (AvgIpc) is 2.86. The highest BCUT2D eigenvalue weighted by molar-refractivity contribution is 5.89. The molecule has 3 aromatic rings. The summed E-state index contributed by atoms with van der Waals surface area (Å²) in [4.78, 5) is 30.0. The molecular formula is C24H25F3N4O5. The molecule has 0 aliphatic heterocycles. The predicted octanol–water partition coefficient (Wildman–Crippen LogP) is 3.15. The van der Waals surface area contributed by atoms with Crippen LogP contribution in [-0.2, 0) is 11.3 Å². The van der Waals surface area contributed by atoms with Gasteiger partial charge in [-0.3, -0.25) is 5.32 Å². The summed E-state index contributed by atoms with van der Waals surface area (Å²) in [5.74, 6) is -2.48. The van der Waals surface area contributed by atoms with Crippen molar-refractivity contribution in [2.45, 2.75) is 25.1 Å². The van der Waals surface area contributed by atoms with Crippen LogP contribution in [0.2, 0.25) is 0 Å². The Morgan fingerprint density at radius 1 is 1.14 bits per heavy atom. The number of hydrogen-bond donors (Lipinski definition) is 4. The van der Waals surface area contributed by atoms with E-state index in [2.05, 4.69) is 15.6 Å². The molecule has 0 fully saturated rings. The van der Waals surface area contributed by atoms with Crippen molar-refractivity contribution in [1.29, 1.82) is 0 Å². The summed E-state index contributed by atoms with van der Waals surface area (Å²) in [6.45, 7) is -1.27. The highest BCUT2D eigenvalue weighted by Crippen LogP contribution is 2.18. The number of anilines is 1. The molecule has 9 nitrogen and oxygen atoms in total. The van der Waals surface area contributed by atoms with Crippen LogP contribution in [0.25, 0.3) is 10.8 Å². The van der Waals surface area contributed by atoms with Gasteiger partial charge in [0, 0.05) is 30.7 Å². The molecule has 1 aromatic heterocycles. The number of urea groups is 1. The van der Waals surface area contributed by atoms with Gasteiger partial charge in [0.25, 0.3) is 0 Å². The number of carbonyl (C=O) groups is 2. The van der Waals surface area contributed by atoms with Gasteiger partial charge in [-0.15, -0.1) is 0 Å². The van der Waals surface area contributed by atoms with E-state index >= 15 is 0 Å². The molecule has 192 valence electrons. The van der Waals surface area contributed by atoms with Crippen molar-refractivity contribution in [3.05, 3.63) is 71.7 Å². The van der Waals surface area contributed by atoms with E-state index in [0.29, 0.717) is 10.8 Å². The zero-order chi connectivity index (χ0) is 26.2. The molecule has 3 amide bonds. The van der Waals surface area contributed by atoms with Crippen LogP contribution in [0.3, 0.4) is 0 Å². The van der Waals surface area contributed by atoms with Crippen LogP contribution in [0.15, 0.2) is 48.7 Å². The first-order chi connectivity index (χ1) is 17.2. The largest absolute Gasteiger partial charge is 0.447 e. The van der Waals surface area contributed by atoms with Crippen LogP contribution in [0.1, 0.15) is 12.0 Å². The third-order valence-corrected chi connectivity index (χ3v) is 5.41. The number of pyridine rings is 1. The van der Waals surface area contributed by atoms with Crippen LogP contribution < -0.4 is 10.6 Å². The van der Waals surface area contributed by atoms with E-state index in [1.54, 1.807) is 6.07 Å². The van der Waals surface area contributed by atoms with E-state index in [0.717, 1.165) is 11.0 Å². The van der Waals surface area contributed by atoms with Gasteiger partial charge < -0.3 is 25.2 Å². The number of nitrogens with zero attached hydrogens (tertiary/aromatic N) is 2. The molecule has 0 bridgehead atoms. The standard InChI is InChI=1S/C24H25F3N4O5/c1-31(23(34)29-11-15-3-2-4-20(26)22(15)27)18(9-19(33)12-32)13-36-24(35)30-21-8-16-7-17(25)6-5-14(16)10-28-21/h2-8,10,18-19,32-33H,9,11-13H2,1H3,(H,29,34)(H,28,30,35)/t18-,19+/m0/s1. The summed E-state index contributed by atoms with van der Waals surface area (Å²) in [7, 11) is 1.35. The Hall–Kier alpha value is -3.90. The Bertz CT molecular complexity index is 1230. The molecule has 36 heavy (non-hydrogen) atoms. The van der Waals surface area contributed by atoms with Crippen molar-refractivity contribution in [2.24, 2.45) is 0 Å². The number of hydrogen-bond acceptors (Lipinski definition) is 6. The Balaban J connectivity index is 1.60. The fraction of sp³-hybridized carbons (Fsp3) is 0.292. The lowest BCUT2D eigenvalue weighted by atomic mass is 10.1. The molecule has 0 spiro atoms. The molecule has 0 saturated carbocycles. The molecule has 0 aliphatic rings. The van der Waals surface area contributed by atoms with Crippen molar-refractivity contribution >= 4 is 28.7 Å². The number of carbonyl (C=O) groups excluding carboxylic acids is 2. The minimum Gasteiger partial charge on any atom is -0.447 e. The number of aromatic nitrogens is 1. The minimum absolute atomic E-state index is 0.0675. The molecule has 0 radical (unpaired) electrons. The second kappa shape index (κ2) is 12.2. The van der Waals surface area contributed by atoms with Crippen molar-refractivity contribution < 1.29 is 37.7 Å². The molecule has 0 aliphatic carbocycles. The molecule has 12 heteroatoms. The summed E-state index contributed by atoms with van der Waals surface area (Å²) < 4.78 is 45.8. The van der Waals surface area contributed by atoms with E-state index in [1.807, 2.05) is 0 Å². The normalized spacial score (nSPS) is 12.6. The topological polar surface area (TPSA) is 124 Å². The third kappa shape index (κ3) is 7.06. The van der Waals surface area contributed by atoms with E-state index < -0.39 is 48.3 Å². The van der Waals surface area contributed by atoms with Crippen molar-refractivity contribution in [3.63, 3.8) is 0 Å². The fourth-order valence-corrected chi connectivity index (χ4v) is 3.37. The number of ether oxygens (including phenoxy) is 1. The molecule has 2 atom stereocenters. The zero-order valence-electron chi connectivity index (χ0n) is 19.2. The lowest BCUT2D eigenvalue weighted by Crippen LogP contribution is -2.47. The van der Waals surface area contributed by atoms with Crippen LogP contribution in [-0.4, -0.2) is 64.6 Å². The van der Waals surface area contributed by atoms with Crippen LogP contribution in [0.5, 0.6) is 0 Å². The Morgan fingerprint density at radius 3 is 2.67 bits per heavy atom. The smallest absolute Gasteiger partial charge is 0.412 e. The summed E-state index contributed by atoms with van der Waals surface area (Å²) in [6.07, 6.45) is -0.827. The Kier molecular flexibility index (Phi) is 9.03. The number of rotatable bonds is 9. The first-order valence-electron chi connectivity index (χ1n) is 10.9. The number of amides is 3. The van der Waals surface area contributed by atoms with Gasteiger partial charge in [-0.05, 0) is 42.1 Å². The molecule has 1 heterocycles. The number of likely N-dealkylation sites (N-methyl/N-ethyl adjacent to an activating group) is 1. The number of halogens is 3.